The molecular weight excluding hydrogens is 180 g/mol. The predicted molar refractivity (Wildman–Crippen MR) is 44.8 cm³/mol. The molecule has 1 rings (SSSR count). The summed E-state index contributed by atoms with van der Waals surface area (Å²) in [5.74, 6) is 0.0448. The molecule has 0 fully saturated rings. The molecule has 6 heteroatoms. The largest absolute Gasteiger partial charge is 0.740 e. The van der Waals surface area contributed by atoms with Gasteiger partial charge in [0.15, 0.2) is 5.75 Å². The third kappa shape index (κ3) is 2.11. The zero-order valence-corrected chi connectivity index (χ0v) is 6.84. The van der Waals surface area contributed by atoms with E-state index >= 15 is 0 Å². The molecule has 5 nitrogen and oxygen atoms in total. The van der Waals surface area contributed by atoms with Crippen molar-refractivity contribution >= 4 is 22.7 Å². The fraction of sp³-hybridized carbons (Fsp3) is 0. The van der Waals surface area contributed by atoms with Crippen LogP contribution in [-0.4, -0.2) is 8.76 Å². The first-order chi connectivity index (χ1) is 5.59. The number of anilines is 2. The summed E-state index contributed by atoms with van der Waals surface area (Å²) in [6.45, 7) is 0. The van der Waals surface area contributed by atoms with Crippen LogP contribution in [0.15, 0.2) is 18.2 Å². The van der Waals surface area contributed by atoms with Gasteiger partial charge in [-0.05, 0) is 12.1 Å². The lowest BCUT2D eigenvalue weighted by Gasteiger charge is -2.09. The van der Waals surface area contributed by atoms with Gasteiger partial charge in [-0.15, -0.1) is 0 Å². The molecule has 0 saturated heterocycles. The van der Waals surface area contributed by atoms with Gasteiger partial charge in [0, 0.05) is 11.8 Å². The van der Waals surface area contributed by atoms with Crippen LogP contribution >= 0.6 is 0 Å². The van der Waals surface area contributed by atoms with Crippen molar-refractivity contribution in [2.75, 3.05) is 11.5 Å². The zero-order valence-electron chi connectivity index (χ0n) is 6.02. The van der Waals surface area contributed by atoms with Gasteiger partial charge in [0.1, 0.15) is 11.4 Å². The third-order valence-corrected chi connectivity index (χ3v) is 1.51. The van der Waals surface area contributed by atoms with Crippen LogP contribution in [0.2, 0.25) is 0 Å². The van der Waals surface area contributed by atoms with E-state index < -0.39 is 11.4 Å². The van der Waals surface area contributed by atoms with Crippen molar-refractivity contribution < 1.29 is 12.9 Å². The molecule has 0 radical (unpaired) electrons. The van der Waals surface area contributed by atoms with Crippen molar-refractivity contribution in [2.45, 2.75) is 0 Å². The molecular formula is C6H7N2O3S-. The van der Waals surface area contributed by atoms with Crippen LogP contribution in [0.5, 0.6) is 5.75 Å². The fourth-order valence-electron chi connectivity index (χ4n) is 0.696. The second-order valence-corrected chi connectivity index (χ2v) is 2.66. The van der Waals surface area contributed by atoms with Crippen molar-refractivity contribution in [1.82, 2.24) is 0 Å². The number of rotatable bonds is 2. The van der Waals surface area contributed by atoms with Crippen LogP contribution in [0.3, 0.4) is 0 Å². The minimum Gasteiger partial charge on any atom is -0.740 e. The van der Waals surface area contributed by atoms with Gasteiger partial charge in [-0.3, -0.25) is 0 Å². The van der Waals surface area contributed by atoms with E-state index in [-0.39, 0.29) is 11.4 Å². The van der Waals surface area contributed by atoms with Crippen LogP contribution in [-0.2, 0) is 11.4 Å². The Morgan fingerprint density at radius 2 is 2.08 bits per heavy atom. The van der Waals surface area contributed by atoms with Crippen molar-refractivity contribution in [1.29, 1.82) is 0 Å². The number of benzene rings is 1. The van der Waals surface area contributed by atoms with Gasteiger partial charge in [-0.25, -0.2) is 4.21 Å². The second-order valence-electron chi connectivity index (χ2n) is 2.08. The molecule has 1 aromatic rings. The minimum atomic E-state index is -2.62. The summed E-state index contributed by atoms with van der Waals surface area (Å²) in [6, 6.07) is 4.36. The maximum Gasteiger partial charge on any atom is 0.164 e. The molecule has 0 heterocycles. The molecule has 0 saturated carbocycles. The van der Waals surface area contributed by atoms with Gasteiger partial charge in [0.05, 0.1) is 5.69 Å². The highest BCUT2D eigenvalue weighted by Gasteiger charge is 2.00. The standard InChI is InChI=1S/C6H8N2O3S/c7-4-1-2-5(8)6(3-4)11-12(9)10/h1-3H,7-8H2,(H,9,10)/p-1. The number of nitrogens with two attached hydrogens (primary N) is 2. The van der Waals surface area contributed by atoms with Gasteiger partial charge in [-0.2, -0.15) is 0 Å². The molecule has 66 valence electrons. The highest BCUT2D eigenvalue weighted by Crippen LogP contribution is 2.24. The Hall–Kier alpha value is -1.27. The zero-order chi connectivity index (χ0) is 9.14. The molecule has 1 atom stereocenters. The summed E-state index contributed by atoms with van der Waals surface area (Å²) in [6.07, 6.45) is 0. The fourth-order valence-corrected chi connectivity index (χ4v) is 0.987. The van der Waals surface area contributed by atoms with Crippen molar-refractivity contribution in [2.24, 2.45) is 0 Å². The first-order valence-corrected chi connectivity index (χ1v) is 4.02. The Morgan fingerprint density at radius 1 is 1.42 bits per heavy atom. The molecule has 0 aliphatic carbocycles. The van der Waals surface area contributed by atoms with Gasteiger partial charge in [0.25, 0.3) is 0 Å². The van der Waals surface area contributed by atoms with Gasteiger partial charge in [-0.1, -0.05) is 0 Å². The van der Waals surface area contributed by atoms with E-state index in [9.17, 15) is 8.76 Å². The second kappa shape index (κ2) is 3.42. The maximum absolute atomic E-state index is 10.1. The SMILES string of the molecule is Nc1ccc(N)c(OS(=O)[O-])c1. The Labute approximate surface area is 71.8 Å². The Balaban J connectivity index is 2.97. The average molecular weight is 187 g/mol. The van der Waals surface area contributed by atoms with E-state index in [2.05, 4.69) is 4.18 Å². The molecule has 1 unspecified atom stereocenters. The van der Waals surface area contributed by atoms with Crippen molar-refractivity contribution in [3.05, 3.63) is 18.2 Å². The van der Waals surface area contributed by atoms with Crippen LogP contribution < -0.4 is 15.7 Å². The van der Waals surface area contributed by atoms with E-state index in [1.807, 2.05) is 0 Å². The molecule has 12 heavy (non-hydrogen) atoms. The van der Waals surface area contributed by atoms with Crippen LogP contribution in [0, 0.1) is 0 Å². The monoisotopic (exact) mass is 187 g/mol. The summed E-state index contributed by atoms with van der Waals surface area (Å²) in [4.78, 5) is 0. The molecule has 0 spiro atoms. The number of hydrogen-bond acceptors (Lipinski definition) is 5. The lowest BCUT2D eigenvalue weighted by Crippen LogP contribution is -2.01. The molecule has 0 bridgehead atoms. The quantitative estimate of drug-likeness (QED) is 0.502. The smallest absolute Gasteiger partial charge is 0.164 e. The van der Waals surface area contributed by atoms with Crippen molar-refractivity contribution in [3.8, 4) is 5.75 Å². The first-order valence-electron chi connectivity index (χ1n) is 3.02. The van der Waals surface area contributed by atoms with Crippen molar-refractivity contribution in [3.63, 3.8) is 0 Å². The highest BCUT2D eigenvalue weighted by atomic mass is 32.2. The third-order valence-electron chi connectivity index (χ3n) is 1.20. The predicted octanol–water partition coefficient (Wildman–Crippen LogP) is 0.0239. The topological polar surface area (TPSA) is 101 Å². The van der Waals surface area contributed by atoms with Crippen LogP contribution in [0.1, 0.15) is 0 Å². The van der Waals surface area contributed by atoms with E-state index in [1.165, 1.54) is 12.1 Å². The summed E-state index contributed by atoms with van der Waals surface area (Å²) in [5, 5.41) is 0. The van der Waals surface area contributed by atoms with E-state index in [0.717, 1.165) is 0 Å². The molecule has 0 aromatic heterocycles. The average Bonchev–Trinajstić information content (AvgIpc) is 1.96. The molecule has 4 N–H and O–H groups in total. The Morgan fingerprint density at radius 3 is 2.67 bits per heavy atom. The number of nitrogen functional groups attached to an aromatic ring is 2. The first kappa shape index (κ1) is 8.82. The van der Waals surface area contributed by atoms with Gasteiger partial charge < -0.3 is 20.2 Å². The normalized spacial score (nSPS) is 12.4. The van der Waals surface area contributed by atoms with Crippen LogP contribution in [0.25, 0.3) is 0 Å². The van der Waals surface area contributed by atoms with Crippen LogP contribution in [0.4, 0.5) is 11.4 Å². The Kier molecular flexibility index (Phi) is 2.51. The Bertz CT molecular complexity index is 316. The summed E-state index contributed by atoms with van der Waals surface area (Å²) in [7, 11) is 0. The summed E-state index contributed by atoms with van der Waals surface area (Å²) < 4.78 is 24.6. The van der Waals surface area contributed by atoms with E-state index in [4.69, 9.17) is 11.5 Å². The number of hydrogen-bond donors (Lipinski definition) is 2. The molecule has 0 aliphatic heterocycles. The summed E-state index contributed by atoms with van der Waals surface area (Å²) in [5.41, 5.74) is 11.4. The van der Waals surface area contributed by atoms with Gasteiger partial charge >= 0.3 is 0 Å². The molecule has 0 aliphatic rings. The maximum atomic E-state index is 10.1. The highest BCUT2D eigenvalue weighted by molar-refractivity contribution is 7.74. The lowest BCUT2D eigenvalue weighted by atomic mass is 10.3. The lowest BCUT2D eigenvalue weighted by molar-refractivity contribution is 0.441. The minimum absolute atomic E-state index is 0.0448. The molecule has 1 aromatic carbocycles. The van der Waals surface area contributed by atoms with E-state index in [0.29, 0.717) is 5.69 Å². The van der Waals surface area contributed by atoms with E-state index in [1.54, 1.807) is 6.07 Å². The van der Waals surface area contributed by atoms with Gasteiger partial charge in [0.2, 0.25) is 0 Å². The molecule has 0 amide bonds. The summed E-state index contributed by atoms with van der Waals surface area (Å²) >= 11 is -2.62.